The molecular weight excluding hydrogens is 342 g/mol. The summed E-state index contributed by atoms with van der Waals surface area (Å²) in [6, 6.07) is 11.9. The van der Waals surface area contributed by atoms with Crippen molar-refractivity contribution in [2.24, 2.45) is 0 Å². The lowest BCUT2D eigenvalue weighted by molar-refractivity contribution is -0.120. The lowest BCUT2D eigenvalue weighted by Gasteiger charge is -2.28. The van der Waals surface area contributed by atoms with Gasteiger partial charge in [-0.15, -0.1) is 0 Å². The fraction of sp³-hybridized carbons (Fsp3) is 0.333. The molecule has 3 aromatic rings. The number of H-pyrrole nitrogens is 1. The van der Waals surface area contributed by atoms with Crippen molar-refractivity contribution in [1.29, 1.82) is 0 Å². The monoisotopic (exact) mass is 365 g/mol. The minimum Gasteiger partial charge on any atom is -0.486 e. The van der Waals surface area contributed by atoms with Crippen LogP contribution in [0.25, 0.3) is 10.9 Å². The third-order valence-corrected chi connectivity index (χ3v) is 4.92. The number of rotatable bonds is 5. The minimum atomic E-state index is -0.223. The largest absolute Gasteiger partial charge is 0.486 e. The van der Waals surface area contributed by atoms with Gasteiger partial charge in [0.25, 0.3) is 0 Å². The number of amides is 1. The highest BCUT2D eigenvalue weighted by atomic mass is 16.6. The normalized spacial score (nSPS) is 13.6. The Bertz CT molecular complexity index is 978. The Morgan fingerprint density at radius 1 is 1.15 bits per heavy atom. The van der Waals surface area contributed by atoms with E-state index in [-0.39, 0.29) is 11.3 Å². The molecule has 6 heteroatoms. The second-order valence-electron chi connectivity index (χ2n) is 7.49. The van der Waals surface area contributed by atoms with Gasteiger partial charge in [-0.05, 0) is 29.3 Å². The van der Waals surface area contributed by atoms with Gasteiger partial charge in [-0.3, -0.25) is 9.89 Å². The molecule has 0 saturated heterocycles. The number of carbonyl (C=O) groups excluding carboxylic acids is 1. The fourth-order valence-corrected chi connectivity index (χ4v) is 3.23. The number of ether oxygens (including phenoxy) is 2. The average Bonchev–Trinajstić information content (AvgIpc) is 3.14. The number of aromatic nitrogens is 2. The second-order valence-corrected chi connectivity index (χ2v) is 7.49. The summed E-state index contributed by atoms with van der Waals surface area (Å²) >= 11 is 0. The molecule has 1 aliphatic heterocycles. The zero-order valence-corrected chi connectivity index (χ0v) is 15.5. The first-order valence-electron chi connectivity index (χ1n) is 9.10. The summed E-state index contributed by atoms with van der Waals surface area (Å²) < 4.78 is 11.3. The van der Waals surface area contributed by atoms with Gasteiger partial charge in [0.1, 0.15) is 13.2 Å². The third-order valence-electron chi connectivity index (χ3n) is 4.92. The molecule has 6 nitrogen and oxygen atoms in total. The summed E-state index contributed by atoms with van der Waals surface area (Å²) in [5.74, 6) is 1.55. The number of fused-ring (bicyclic) bond motifs is 2. The van der Waals surface area contributed by atoms with Crippen LogP contribution in [0.15, 0.2) is 42.6 Å². The van der Waals surface area contributed by atoms with Gasteiger partial charge in [0.2, 0.25) is 5.91 Å². The van der Waals surface area contributed by atoms with E-state index in [0.29, 0.717) is 26.2 Å². The molecule has 1 amide bonds. The first-order chi connectivity index (χ1) is 13.0. The number of nitrogens with zero attached hydrogens (tertiary/aromatic N) is 1. The highest BCUT2D eigenvalue weighted by Gasteiger charge is 2.24. The molecule has 27 heavy (non-hydrogen) atoms. The Kier molecular flexibility index (Phi) is 4.48. The predicted molar refractivity (Wildman–Crippen MR) is 103 cm³/mol. The SMILES string of the molecule is CC(C)(CNC(=O)Cc1ccc2cn[nH]c2c1)c1ccc2c(c1)OCCO2. The van der Waals surface area contributed by atoms with Crippen LogP contribution in [-0.2, 0) is 16.6 Å². The predicted octanol–water partition coefficient (Wildman–Crippen LogP) is 2.97. The van der Waals surface area contributed by atoms with E-state index >= 15 is 0 Å². The molecule has 4 rings (SSSR count). The molecule has 0 bridgehead atoms. The molecule has 1 aliphatic rings. The van der Waals surface area contributed by atoms with Crippen LogP contribution < -0.4 is 14.8 Å². The van der Waals surface area contributed by atoms with Gasteiger partial charge in [-0.1, -0.05) is 32.0 Å². The summed E-state index contributed by atoms with van der Waals surface area (Å²) in [4.78, 5) is 12.4. The summed E-state index contributed by atoms with van der Waals surface area (Å²) in [6.45, 7) is 5.90. The molecular formula is C21H23N3O3. The molecule has 2 heterocycles. The molecule has 2 aromatic carbocycles. The Balaban J connectivity index is 1.39. The zero-order valence-electron chi connectivity index (χ0n) is 15.5. The standard InChI is InChI=1S/C21H23N3O3/c1-21(2,16-5-6-18-19(11-16)27-8-7-26-18)13-22-20(25)10-14-3-4-15-12-23-24-17(15)9-14/h3-6,9,11-12H,7-8,10,13H2,1-2H3,(H,22,25)(H,23,24). The van der Waals surface area contributed by atoms with Crippen molar-refractivity contribution in [1.82, 2.24) is 15.5 Å². The van der Waals surface area contributed by atoms with Crippen molar-refractivity contribution >= 4 is 16.8 Å². The molecule has 0 radical (unpaired) electrons. The van der Waals surface area contributed by atoms with Crippen molar-refractivity contribution in [3.8, 4) is 11.5 Å². The fourth-order valence-electron chi connectivity index (χ4n) is 3.23. The maximum absolute atomic E-state index is 12.4. The van der Waals surface area contributed by atoms with Crippen LogP contribution >= 0.6 is 0 Å². The summed E-state index contributed by atoms with van der Waals surface area (Å²) in [5.41, 5.74) is 2.78. The lowest BCUT2D eigenvalue weighted by atomic mass is 9.84. The Morgan fingerprint density at radius 3 is 2.81 bits per heavy atom. The number of benzene rings is 2. The Labute approximate surface area is 157 Å². The van der Waals surface area contributed by atoms with Crippen LogP contribution in [0, 0.1) is 0 Å². The summed E-state index contributed by atoms with van der Waals surface area (Å²) in [7, 11) is 0. The van der Waals surface area contributed by atoms with E-state index in [4.69, 9.17) is 9.47 Å². The lowest BCUT2D eigenvalue weighted by Crippen LogP contribution is -2.37. The summed E-state index contributed by atoms with van der Waals surface area (Å²) in [5, 5.41) is 11.0. The number of carbonyl (C=O) groups is 1. The highest BCUT2D eigenvalue weighted by Crippen LogP contribution is 2.34. The Hall–Kier alpha value is -3.02. The molecule has 140 valence electrons. The van der Waals surface area contributed by atoms with Gasteiger partial charge in [0, 0.05) is 17.3 Å². The van der Waals surface area contributed by atoms with Crippen LogP contribution in [0.5, 0.6) is 11.5 Å². The molecule has 0 aliphatic carbocycles. The van der Waals surface area contributed by atoms with Crippen molar-refractivity contribution in [2.75, 3.05) is 19.8 Å². The highest BCUT2D eigenvalue weighted by molar-refractivity contribution is 5.82. The second kappa shape index (κ2) is 6.95. The van der Waals surface area contributed by atoms with Crippen LogP contribution in [0.4, 0.5) is 0 Å². The van der Waals surface area contributed by atoms with Gasteiger partial charge >= 0.3 is 0 Å². The van der Waals surface area contributed by atoms with E-state index in [0.717, 1.165) is 33.5 Å². The number of hydrogen-bond acceptors (Lipinski definition) is 4. The van der Waals surface area contributed by atoms with E-state index < -0.39 is 0 Å². The van der Waals surface area contributed by atoms with Gasteiger partial charge in [-0.25, -0.2) is 0 Å². The van der Waals surface area contributed by atoms with Crippen LogP contribution in [0.3, 0.4) is 0 Å². The van der Waals surface area contributed by atoms with Crippen molar-refractivity contribution < 1.29 is 14.3 Å². The molecule has 0 unspecified atom stereocenters. The van der Waals surface area contributed by atoms with Gasteiger partial charge in [0.05, 0.1) is 18.1 Å². The van der Waals surface area contributed by atoms with Crippen molar-refractivity contribution in [2.45, 2.75) is 25.7 Å². The smallest absolute Gasteiger partial charge is 0.224 e. The van der Waals surface area contributed by atoms with E-state index in [1.165, 1.54) is 0 Å². The van der Waals surface area contributed by atoms with Crippen molar-refractivity contribution in [3.05, 3.63) is 53.7 Å². The van der Waals surface area contributed by atoms with Gasteiger partial charge in [-0.2, -0.15) is 5.10 Å². The van der Waals surface area contributed by atoms with Gasteiger partial charge < -0.3 is 14.8 Å². The number of hydrogen-bond donors (Lipinski definition) is 2. The zero-order chi connectivity index (χ0) is 18.9. The molecule has 0 spiro atoms. The topological polar surface area (TPSA) is 76.2 Å². The minimum absolute atomic E-state index is 0.000478. The molecule has 2 N–H and O–H groups in total. The van der Waals surface area contributed by atoms with Crippen molar-refractivity contribution in [3.63, 3.8) is 0 Å². The summed E-state index contributed by atoms with van der Waals surface area (Å²) in [6.07, 6.45) is 2.11. The van der Waals surface area contributed by atoms with E-state index in [1.807, 2.05) is 36.4 Å². The van der Waals surface area contributed by atoms with Crippen LogP contribution in [0.2, 0.25) is 0 Å². The molecule has 0 saturated carbocycles. The van der Waals surface area contributed by atoms with Crippen LogP contribution in [-0.4, -0.2) is 35.9 Å². The van der Waals surface area contributed by atoms with E-state index in [1.54, 1.807) is 6.20 Å². The molecule has 1 aromatic heterocycles. The molecule has 0 fully saturated rings. The maximum Gasteiger partial charge on any atom is 0.224 e. The Morgan fingerprint density at radius 2 is 1.96 bits per heavy atom. The molecule has 0 atom stereocenters. The third kappa shape index (κ3) is 3.74. The van der Waals surface area contributed by atoms with Crippen LogP contribution in [0.1, 0.15) is 25.0 Å². The van der Waals surface area contributed by atoms with E-state index in [9.17, 15) is 4.79 Å². The maximum atomic E-state index is 12.4. The quantitative estimate of drug-likeness (QED) is 0.729. The van der Waals surface area contributed by atoms with Gasteiger partial charge in [0.15, 0.2) is 11.5 Å². The number of nitrogens with one attached hydrogen (secondary N) is 2. The average molecular weight is 365 g/mol. The first kappa shape index (κ1) is 17.4. The number of aromatic amines is 1. The van der Waals surface area contributed by atoms with E-state index in [2.05, 4.69) is 29.4 Å². The first-order valence-corrected chi connectivity index (χ1v) is 9.10.